The molecule has 0 amide bonds. The number of thiocarbonyl (C=S) groups is 1. The van der Waals surface area contributed by atoms with Crippen molar-refractivity contribution in [2.75, 3.05) is 23.9 Å². The summed E-state index contributed by atoms with van der Waals surface area (Å²) in [5, 5.41) is 15.3. The first-order chi connectivity index (χ1) is 17.3. The molecule has 0 aliphatic carbocycles. The molecule has 0 radical (unpaired) electrons. The smallest absolute Gasteiger partial charge is 0.174 e. The van der Waals surface area contributed by atoms with Gasteiger partial charge in [-0.2, -0.15) is 0 Å². The molecule has 2 N–H and O–H groups in total. The molecule has 0 bridgehead atoms. The van der Waals surface area contributed by atoms with Gasteiger partial charge < -0.3 is 24.8 Å². The third kappa shape index (κ3) is 4.18. The third-order valence-electron chi connectivity index (χ3n) is 6.71. The number of phenolic OH excluding ortho intramolecular Hbond substituents is 1. The van der Waals surface area contributed by atoms with Gasteiger partial charge in [-0.05, 0) is 92.3 Å². The van der Waals surface area contributed by atoms with Crippen LogP contribution in [0.3, 0.4) is 0 Å². The molecule has 4 aromatic rings. The summed E-state index contributed by atoms with van der Waals surface area (Å²) in [5.74, 6) is 0.114. The van der Waals surface area contributed by atoms with Crippen LogP contribution in [0.1, 0.15) is 34.7 Å². The molecule has 1 aliphatic rings. The van der Waals surface area contributed by atoms with Gasteiger partial charge in [0.25, 0.3) is 0 Å². The molecule has 5 rings (SSSR count). The molecule has 0 spiro atoms. The Balaban J connectivity index is 1.67. The number of benzene rings is 2. The first-order valence-electron chi connectivity index (χ1n) is 11.7. The Bertz CT molecular complexity index is 1420. The highest BCUT2D eigenvalue weighted by atomic mass is 35.5. The second-order valence-electron chi connectivity index (χ2n) is 9.20. The summed E-state index contributed by atoms with van der Waals surface area (Å²) in [6, 6.07) is 21.1. The zero-order chi connectivity index (χ0) is 25.6. The van der Waals surface area contributed by atoms with Gasteiger partial charge in [-0.15, -0.1) is 0 Å². The zero-order valence-electron chi connectivity index (χ0n) is 20.6. The average molecular weight is 518 g/mol. The molecule has 1 fully saturated rings. The van der Waals surface area contributed by atoms with Crippen LogP contribution in [0.15, 0.2) is 72.9 Å². The molecule has 0 unspecified atom stereocenters. The van der Waals surface area contributed by atoms with E-state index in [2.05, 4.69) is 63.9 Å². The summed E-state index contributed by atoms with van der Waals surface area (Å²) in [5.41, 5.74) is 6.94. The Kier molecular flexibility index (Phi) is 6.36. The predicted octanol–water partition coefficient (Wildman–Crippen LogP) is 6.09. The Labute approximate surface area is 221 Å². The van der Waals surface area contributed by atoms with Crippen molar-refractivity contribution in [2.24, 2.45) is 0 Å². The maximum atomic E-state index is 10.8. The monoisotopic (exact) mass is 517 g/mol. The second-order valence-corrected chi connectivity index (χ2v) is 10.0. The Morgan fingerprint density at radius 3 is 2.44 bits per heavy atom. The maximum absolute atomic E-state index is 10.8. The molecule has 36 heavy (non-hydrogen) atoms. The normalized spacial score (nSPS) is 17.4. The molecule has 1 aliphatic heterocycles. The van der Waals surface area contributed by atoms with Gasteiger partial charge in [0, 0.05) is 48.1 Å². The van der Waals surface area contributed by atoms with Crippen molar-refractivity contribution in [3.63, 3.8) is 0 Å². The number of aromatic nitrogens is 2. The summed E-state index contributed by atoms with van der Waals surface area (Å²) in [6.07, 6.45) is 1.78. The van der Waals surface area contributed by atoms with Gasteiger partial charge in [-0.25, -0.2) is 0 Å². The standard InChI is InChI=1S/C28H28ClN5OS/c1-17-15-22(18(2)33(17)21-11-9-20(10-12-21)32(3)4)27-26(23-7-5-6-14-30-23)31-28(36)34(27)24-16-19(29)8-13-25(24)35/h5-16,26-27,35H,1-4H3,(H,31,36)/t26-,27+/m0/s1. The summed E-state index contributed by atoms with van der Waals surface area (Å²) in [6.45, 7) is 4.23. The maximum Gasteiger partial charge on any atom is 0.174 e. The quantitative estimate of drug-likeness (QED) is 0.312. The van der Waals surface area contributed by atoms with Crippen molar-refractivity contribution < 1.29 is 5.11 Å². The van der Waals surface area contributed by atoms with E-state index >= 15 is 0 Å². The van der Waals surface area contributed by atoms with Crippen molar-refractivity contribution in [1.82, 2.24) is 14.9 Å². The fraction of sp³-hybridized carbons (Fsp3) is 0.214. The molecule has 0 saturated carbocycles. The van der Waals surface area contributed by atoms with E-state index in [-0.39, 0.29) is 17.8 Å². The van der Waals surface area contributed by atoms with E-state index in [9.17, 15) is 5.11 Å². The van der Waals surface area contributed by atoms with Crippen molar-refractivity contribution in [1.29, 1.82) is 0 Å². The molecule has 2 aromatic carbocycles. The van der Waals surface area contributed by atoms with Crippen LogP contribution in [0, 0.1) is 13.8 Å². The Morgan fingerprint density at radius 1 is 1.03 bits per heavy atom. The van der Waals surface area contributed by atoms with E-state index in [4.69, 9.17) is 23.8 Å². The lowest BCUT2D eigenvalue weighted by molar-refractivity contribution is 0.472. The molecule has 2 atom stereocenters. The molecule has 2 aromatic heterocycles. The van der Waals surface area contributed by atoms with Gasteiger partial charge in [0.05, 0.1) is 23.5 Å². The van der Waals surface area contributed by atoms with Crippen LogP contribution in [0.25, 0.3) is 5.69 Å². The number of phenols is 1. The number of nitrogens with one attached hydrogen (secondary N) is 1. The minimum Gasteiger partial charge on any atom is -0.506 e. The van der Waals surface area contributed by atoms with Gasteiger partial charge in [0.1, 0.15) is 5.75 Å². The van der Waals surface area contributed by atoms with Crippen LogP contribution >= 0.6 is 23.8 Å². The second kappa shape index (κ2) is 9.48. The molecular weight excluding hydrogens is 490 g/mol. The van der Waals surface area contributed by atoms with Crippen LogP contribution < -0.4 is 15.1 Å². The number of hydrogen-bond acceptors (Lipinski definition) is 4. The van der Waals surface area contributed by atoms with E-state index in [1.54, 1.807) is 24.4 Å². The number of aromatic hydroxyl groups is 1. The van der Waals surface area contributed by atoms with Crippen molar-refractivity contribution in [3.8, 4) is 11.4 Å². The van der Waals surface area contributed by atoms with Crippen LogP contribution in [0.5, 0.6) is 5.75 Å². The van der Waals surface area contributed by atoms with Crippen molar-refractivity contribution in [3.05, 3.63) is 101 Å². The van der Waals surface area contributed by atoms with E-state index in [0.29, 0.717) is 15.8 Å². The lowest BCUT2D eigenvalue weighted by Crippen LogP contribution is -2.29. The molecule has 8 heteroatoms. The number of rotatable bonds is 5. The number of hydrogen-bond donors (Lipinski definition) is 2. The van der Waals surface area contributed by atoms with Gasteiger partial charge in [-0.3, -0.25) is 4.98 Å². The first-order valence-corrected chi connectivity index (χ1v) is 12.5. The van der Waals surface area contributed by atoms with E-state index in [1.807, 2.05) is 37.2 Å². The summed E-state index contributed by atoms with van der Waals surface area (Å²) in [4.78, 5) is 8.67. The number of pyridine rings is 1. The third-order valence-corrected chi connectivity index (χ3v) is 7.26. The van der Waals surface area contributed by atoms with Crippen LogP contribution in [-0.4, -0.2) is 33.9 Å². The Hall–Kier alpha value is -3.55. The topological polar surface area (TPSA) is 56.6 Å². The highest BCUT2D eigenvalue weighted by molar-refractivity contribution is 7.80. The van der Waals surface area contributed by atoms with Crippen LogP contribution in [0.2, 0.25) is 5.02 Å². The van der Waals surface area contributed by atoms with E-state index in [1.165, 1.54) is 0 Å². The van der Waals surface area contributed by atoms with E-state index < -0.39 is 0 Å². The summed E-state index contributed by atoms with van der Waals surface area (Å²) in [7, 11) is 4.07. The molecule has 184 valence electrons. The SMILES string of the molecule is Cc1cc([C@@H]2[C@H](c3ccccn3)NC(=S)N2c2cc(Cl)ccc2O)c(C)n1-c1ccc(N(C)C)cc1. The fourth-order valence-electron chi connectivity index (χ4n) is 5.00. The minimum absolute atomic E-state index is 0.114. The molecule has 1 saturated heterocycles. The number of halogens is 1. The van der Waals surface area contributed by atoms with Crippen molar-refractivity contribution in [2.45, 2.75) is 25.9 Å². The first kappa shape index (κ1) is 24.2. The predicted molar refractivity (Wildman–Crippen MR) is 151 cm³/mol. The van der Waals surface area contributed by atoms with Gasteiger partial charge >= 0.3 is 0 Å². The van der Waals surface area contributed by atoms with Gasteiger partial charge in [0.2, 0.25) is 0 Å². The Morgan fingerprint density at radius 2 is 1.78 bits per heavy atom. The van der Waals surface area contributed by atoms with Gasteiger partial charge in [-0.1, -0.05) is 17.7 Å². The molecular formula is C28H28ClN5OS. The number of anilines is 2. The lowest BCUT2D eigenvalue weighted by Gasteiger charge is -2.28. The van der Waals surface area contributed by atoms with E-state index in [0.717, 1.165) is 34.0 Å². The lowest BCUT2D eigenvalue weighted by atomic mass is 9.96. The highest BCUT2D eigenvalue weighted by Gasteiger charge is 2.43. The van der Waals surface area contributed by atoms with Crippen LogP contribution in [0.4, 0.5) is 11.4 Å². The minimum atomic E-state index is -0.252. The number of nitrogens with zero attached hydrogens (tertiary/aromatic N) is 4. The van der Waals surface area contributed by atoms with Crippen molar-refractivity contribution >= 4 is 40.3 Å². The fourth-order valence-corrected chi connectivity index (χ4v) is 5.51. The summed E-state index contributed by atoms with van der Waals surface area (Å²) < 4.78 is 2.25. The van der Waals surface area contributed by atoms with Gasteiger partial charge in [0.15, 0.2) is 5.11 Å². The zero-order valence-corrected chi connectivity index (χ0v) is 22.2. The largest absolute Gasteiger partial charge is 0.506 e. The number of aryl methyl sites for hydroxylation is 1. The van der Waals surface area contributed by atoms with Crippen LogP contribution in [-0.2, 0) is 0 Å². The summed E-state index contributed by atoms with van der Waals surface area (Å²) >= 11 is 12.2. The molecule has 6 nitrogen and oxygen atoms in total. The molecule has 3 heterocycles. The highest BCUT2D eigenvalue weighted by Crippen LogP contribution is 2.46. The average Bonchev–Trinajstić information content (AvgIpc) is 3.36.